The molecule has 1 unspecified atom stereocenters. The van der Waals surface area contributed by atoms with Crippen molar-refractivity contribution in [2.75, 3.05) is 27.2 Å². The summed E-state index contributed by atoms with van der Waals surface area (Å²) in [4.78, 5) is 45.6. The van der Waals surface area contributed by atoms with Crippen LogP contribution < -0.4 is 10.1 Å². The zero-order chi connectivity index (χ0) is 29.3. The second-order valence-electron chi connectivity index (χ2n) is 11.7. The Morgan fingerprint density at radius 2 is 1.85 bits per heavy atom. The number of esters is 1. The fraction of sp³-hybridized carbons (Fsp3) is 0.438. The SMILES string of the molecule is Cc1c2ccncc2cc2c3cc(OC(=O)C(C(=O)NCCN(C)C)C4(CC(=O)O)CCCCC4)ccc3n(C)c12. The van der Waals surface area contributed by atoms with Crippen LogP contribution in [-0.4, -0.2) is 64.6 Å². The molecule has 1 atom stereocenters. The lowest BCUT2D eigenvalue weighted by atomic mass is 9.63. The van der Waals surface area contributed by atoms with E-state index in [1.807, 2.05) is 50.4 Å². The van der Waals surface area contributed by atoms with Crippen molar-refractivity contribution in [2.24, 2.45) is 18.4 Å². The van der Waals surface area contributed by atoms with E-state index in [2.05, 4.69) is 27.9 Å². The molecule has 2 heterocycles. The van der Waals surface area contributed by atoms with Gasteiger partial charge < -0.3 is 24.6 Å². The van der Waals surface area contributed by atoms with Gasteiger partial charge in [0.05, 0.1) is 11.9 Å². The number of aryl methyl sites for hydroxylation is 2. The fourth-order valence-corrected chi connectivity index (χ4v) is 6.70. The molecule has 5 rings (SSSR count). The molecule has 216 valence electrons. The number of likely N-dealkylation sites (N-methyl/N-ethyl adjacent to an activating group) is 1. The smallest absolute Gasteiger partial charge is 0.324 e. The maximum atomic E-state index is 13.9. The molecule has 1 saturated carbocycles. The molecule has 1 aliphatic carbocycles. The van der Waals surface area contributed by atoms with Gasteiger partial charge in [-0.15, -0.1) is 0 Å². The van der Waals surface area contributed by atoms with E-state index in [1.165, 1.54) is 0 Å². The van der Waals surface area contributed by atoms with Gasteiger partial charge in [-0.25, -0.2) is 0 Å². The maximum Gasteiger partial charge on any atom is 0.324 e. The molecule has 0 saturated heterocycles. The molecule has 0 spiro atoms. The van der Waals surface area contributed by atoms with Crippen LogP contribution in [0.25, 0.3) is 32.6 Å². The molecule has 0 aliphatic heterocycles. The van der Waals surface area contributed by atoms with Gasteiger partial charge in [-0.3, -0.25) is 19.4 Å². The van der Waals surface area contributed by atoms with Crippen molar-refractivity contribution in [1.82, 2.24) is 19.8 Å². The average Bonchev–Trinajstić information content (AvgIpc) is 3.19. The van der Waals surface area contributed by atoms with Gasteiger partial charge in [0.15, 0.2) is 0 Å². The first-order valence-electron chi connectivity index (χ1n) is 14.2. The van der Waals surface area contributed by atoms with E-state index < -0.39 is 29.2 Å². The highest BCUT2D eigenvalue weighted by Gasteiger charge is 2.50. The predicted molar refractivity (Wildman–Crippen MR) is 159 cm³/mol. The molecule has 1 amide bonds. The second-order valence-corrected chi connectivity index (χ2v) is 11.7. The normalized spacial score (nSPS) is 15.8. The molecule has 1 aliphatic rings. The van der Waals surface area contributed by atoms with Crippen LogP contribution in [0.3, 0.4) is 0 Å². The molecular weight excluding hydrogens is 520 g/mol. The highest BCUT2D eigenvalue weighted by atomic mass is 16.5. The standard InChI is InChI=1S/C32H38N4O5/c1-20-23-10-13-33-19-21(23)16-25-24-17-22(8-9-26(24)36(4)29(20)25)41-31(40)28(30(39)34-14-15-35(2)3)32(18-27(37)38)11-6-5-7-12-32/h8-10,13,16-17,19,28H,5-7,11-12,14-15,18H2,1-4H3,(H,34,39)(H,37,38). The number of carbonyl (C=O) groups excluding carboxylic acids is 2. The van der Waals surface area contributed by atoms with Crippen molar-refractivity contribution in [3.63, 3.8) is 0 Å². The number of carbonyl (C=O) groups is 3. The molecule has 0 bridgehead atoms. The van der Waals surface area contributed by atoms with Gasteiger partial charge >= 0.3 is 11.9 Å². The first kappa shape index (κ1) is 28.5. The zero-order valence-electron chi connectivity index (χ0n) is 24.2. The summed E-state index contributed by atoms with van der Waals surface area (Å²) in [7, 11) is 5.81. The number of nitrogens with zero attached hydrogens (tertiary/aromatic N) is 3. The van der Waals surface area contributed by atoms with E-state index >= 15 is 0 Å². The second kappa shape index (κ2) is 11.5. The molecule has 9 heteroatoms. The van der Waals surface area contributed by atoms with Gasteiger partial charge in [0.2, 0.25) is 5.91 Å². The number of rotatable bonds is 9. The Kier molecular flexibility index (Phi) is 8.00. The van der Waals surface area contributed by atoms with E-state index in [0.29, 0.717) is 31.7 Å². The molecule has 0 radical (unpaired) electrons. The third kappa shape index (κ3) is 5.51. The number of aliphatic carboxylic acids is 1. The van der Waals surface area contributed by atoms with Crippen molar-refractivity contribution in [3.05, 3.63) is 48.3 Å². The van der Waals surface area contributed by atoms with E-state index in [4.69, 9.17) is 4.74 Å². The predicted octanol–water partition coefficient (Wildman–Crippen LogP) is 4.81. The summed E-state index contributed by atoms with van der Waals surface area (Å²) in [5, 5.41) is 16.8. The highest BCUT2D eigenvalue weighted by Crippen LogP contribution is 2.46. The number of nitrogens with one attached hydrogen (secondary N) is 1. The van der Waals surface area contributed by atoms with Gasteiger partial charge in [0.1, 0.15) is 11.7 Å². The summed E-state index contributed by atoms with van der Waals surface area (Å²) in [5.41, 5.74) is 2.22. The van der Waals surface area contributed by atoms with Gasteiger partial charge in [0.25, 0.3) is 0 Å². The number of carboxylic acid groups (broad SMARTS) is 1. The summed E-state index contributed by atoms with van der Waals surface area (Å²) < 4.78 is 8.08. The average molecular weight is 559 g/mol. The Bertz CT molecular complexity index is 1630. The van der Waals surface area contributed by atoms with Crippen LogP contribution in [0.5, 0.6) is 5.75 Å². The molecule has 4 aromatic rings. The number of pyridine rings is 1. The Hall–Kier alpha value is -3.98. The first-order valence-corrected chi connectivity index (χ1v) is 14.2. The molecule has 2 N–H and O–H groups in total. The highest BCUT2D eigenvalue weighted by molar-refractivity contribution is 6.14. The minimum atomic E-state index is -1.22. The van der Waals surface area contributed by atoms with Crippen LogP contribution in [0.4, 0.5) is 0 Å². The topological polar surface area (TPSA) is 114 Å². The van der Waals surface area contributed by atoms with Crippen molar-refractivity contribution < 1.29 is 24.2 Å². The first-order chi connectivity index (χ1) is 19.6. The molecule has 2 aromatic heterocycles. The van der Waals surface area contributed by atoms with E-state index in [-0.39, 0.29) is 6.42 Å². The Morgan fingerprint density at radius 1 is 1.10 bits per heavy atom. The Balaban J connectivity index is 1.53. The third-order valence-corrected chi connectivity index (χ3v) is 8.66. The Labute approximate surface area is 239 Å². The fourth-order valence-electron chi connectivity index (χ4n) is 6.70. The van der Waals surface area contributed by atoms with Crippen molar-refractivity contribution in [2.45, 2.75) is 45.4 Å². The third-order valence-electron chi connectivity index (χ3n) is 8.66. The molecule has 41 heavy (non-hydrogen) atoms. The van der Waals surface area contributed by atoms with Crippen LogP contribution >= 0.6 is 0 Å². The van der Waals surface area contributed by atoms with Crippen LogP contribution in [0.15, 0.2) is 42.7 Å². The quantitative estimate of drug-likeness (QED) is 0.172. The number of aromatic nitrogens is 2. The maximum absolute atomic E-state index is 13.9. The van der Waals surface area contributed by atoms with Crippen LogP contribution in [-0.2, 0) is 21.4 Å². The number of ether oxygens (including phenoxy) is 1. The van der Waals surface area contributed by atoms with Gasteiger partial charge in [-0.05, 0) is 75.1 Å². The lowest BCUT2D eigenvalue weighted by Gasteiger charge is -2.40. The van der Waals surface area contributed by atoms with Crippen molar-refractivity contribution in [3.8, 4) is 5.75 Å². The van der Waals surface area contributed by atoms with Crippen molar-refractivity contribution in [1.29, 1.82) is 0 Å². The molecule has 2 aromatic carbocycles. The lowest BCUT2D eigenvalue weighted by molar-refractivity contribution is -0.155. The molecule has 9 nitrogen and oxygen atoms in total. The monoisotopic (exact) mass is 558 g/mol. The largest absolute Gasteiger partial charge is 0.481 e. The Morgan fingerprint density at radius 3 is 2.56 bits per heavy atom. The summed E-state index contributed by atoms with van der Waals surface area (Å²) in [6.07, 6.45) is 6.85. The zero-order valence-corrected chi connectivity index (χ0v) is 24.2. The van der Waals surface area contributed by atoms with Gasteiger partial charge in [-0.1, -0.05) is 19.3 Å². The van der Waals surface area contributed by atoms with Gasteiger partial charge in [0, 0.05) is 59.6 Å². The van der Waals surface area contributed by atoms with E-state index in [9.17, 15) is 19.5 Å². The summed E-state index contributed by atoms with van der Waals surface area (Å²) in [6.45, 7) is 3.04. The summed E-state index contributed by atoms with van der Waals surface area (Å²) in [6, 6.07) is 9.60. The lowest BCUT2D eigenvalue weighted by Crippen LogP contribution is -2.50. The number of amides is 1. The number of hydrogen-bond acceptors (Lipinski definition) is 6. The number of carboxylic acids is 1. The van der Waals surface area contributed by atoms with E-state index in [1.54, 1.807) is 12.3 Å². The summed E-state index contributed by atoms with van der Waals surface area (Å²) >= 11 is 0. The number of benzene rings is 2. The van der Waals surface area contributed by atoms with Crippen LogP contribution in [0.1, 0.15) is 44.1 Å². The summed E-state index contributed by atoms with van der Waals surface area (Å²) in [5.74, 6) is -3.09. The minimum absolute atomic E-state index is 0.253. The van der Waals surface area contributed by atoms with E-state index in [0.717, 1.165) is 57.4 Å². The number of fused-ring (bicyclic) bond motifs is 4. The number of hydrogen-bond donors (Lipinski definition) is 2. The van der Waals surface area contributed by atoms with Crippen molar-refractivity contribution >= 4 is 50.4 Å². The molecule has 1 fully saturated rings. The van der Waals surface area contributed by atoms with Crippen LogP contribution in [0.2, 0.25) is 0 Å². The van der Waals surface area contributed by atoms with Crippen LogP contribution in [0, 0.1) is 18.3 Å². The van der Waals surface area contributed by atoms with Gasteiger partial charge in [-0.2, -0.15) is 0 Å². The molecular formula is C32H38N4O5. The minimum Gasteiger partial charge on any atom is -0.481 e.